The first kappa shape index (κ1) is 11.3. The van der Waals surface area contributed by atoms with Crippen molar-refractivity contribution in [3.63, 3.8) is 0 Å². The Kier molecular flexibility index (Phi) is 3.02. The van der Waals surface area contributed by atoms with Gasteiger partial charge < -0.3 is 4.90 Å². The normalized spacial score (nSPS) is 10.9. The van der Waals surface area contributed by atoms with Gasteiger partial charge in [-0.1, -0.05) is 13.0 Å². The van der Waals surface area contributed by atoms with Crippen molar-refractivity contribution in [2.45, 2.75) is 13.3 Å². The van der Waals surface area contributed by atoms with E-state index in [1.165, 1.54) is 5.69 Å². The summed E-state index contributed by atoms with van der Waals surface area (Å²) in [5.41, 5.74) is 2.23. The maximum Gasteiger partial charge on any atom is 0.138 e. The average Bonchev–Trinajstić information content (AvgIpc) is 3.06. The molecule has 0 aliphatic heterocycles. The van der Waals surface area contributed by atoms with Gasteiger partial charge in [0.25, 0.3) is 0 Å². The van der Waals surface area contributed by atoms with Gasteiger partial charge in [-0.3, -0.25) is 4.40 Å². The number of anilines is 2. The lowest BCUT2D eigenvalue weighted by atomic mass is 10.3. The quantitative estimate of drug-likeness (QED) is 0.705. The summed E-state index contributed by atoms with van der Waals surface area (Å²) in [5, 5.41) is 4.29. The fraction of sp³-hybridized carbons (Fsp3) is 0.214. The number of hydrogen-bond acceptors (Lipinski definition) is 3. The lowest BCUT2D eigenvalue weighted by molar-refractivity contribution is 0.867. The summed E-state index contributed by atoms with van der Waals surface area (Å²) in [6.07, 6.45) is 5.12. The highest BCUT2D eigenvalue weighted by atomic mass is 32.1. The molecule has 3 heterocycles. The van der Waals surface area contributed by atoms with E-state index < -0.39 is 0 Å². The third-order valence-corrected chi connectivity index (χ3v) is 3.61. The van der Waals surface area contributed by atoms with Crippen LogP contribution in [0, 0.1) is 0 Å². The number of hydrogen-bond donors (Lipinski definition) is 0. The lowest BCUT2D eigenvalue weighted by Crippen LogP contribution is -2.18. The van der Waals surface area contributed by atoms with Crippen molar-refractivity contribution in [1.29, 1.82) is 0 Å². The minimum atomic E-state index is 0.990. The van der Waals surface area contributed by atoms with Crippen molar-refractivity contribution in [3.8, 4) is 0 Å². The molecule has 0 N–H and O–H groups in total. The Hall–Kier alpha value is -1.81. The number of pyridine rings is 1. The van der Waals surface area contributed by atoms with Crippen molar-refractivity contribution in [2.24, 2.45) is 0 Å². The molecule has 0 bridgehead atoms. The molecule has 4 heteroatoms. The standard InChI is InChI=1S/C14H15N3S/c1-2-7-16(12-6-9-18-11-12)14-10-15-13-5-3-4-8-17(13)14/h3-6,8-11H,2,7H2,1H3. The fourth-order valence-corrected chi connectivity index (χ4v) is 2.77. The fourth-order valence-electron chi connectivity index (χ4n) is 2.13. The Balaban J connectivity index is 2.10. The topological polar surface area (TPSA) is 20.5 Å². The van der Waals surface area contributed by atoms with E-state index in [0.29, 0.717) is 0 Å². The monoisotopic (exact) mass is 257 g/mol. The Morgan fingerprint density at radius 1 is 1.33 bits per heavy atom. The van der Waals surface area contributed by atoms with Gasteiger partial charge in [0.15, 0.2) is 0 Å². The molecule has 3 nitrogen and oxygen atoms in total. The van der Waals surface area contributed by atoms with E-state index in [-0.39, 0.29) is 0 Å². The van der Waals surface area contributed by atoms with E-state index in [1.54, 1.807) is 11.3 Å². The van der Waals surface area contributed by atoms with Crippen LogP contribution in [0.5, 0.6) is 0 Å². The van der Waals surface area contributed by atoms with Crippen LogP contribution >= 0.6 is 11.3 Å². The summed E-state index contributed by atoms with van der Waals surface area (Å²) in [5.74, 6) is 1.13. The molecule has 3 aromatic rings. The first-order valence-corrected chi connectivity index (χ1v) is 7.06. The van der Waals surface area contributed by atoms with Gasteiger partial charge in [0.1, 0.15) is 11.5 Å². The predicted molar refractivity (Wildman–Crippen MR) is 76.8 cm³/mol. The zero-order valence-corrected chi connectivity index (χ0v) is 11.1. The Morgan fingerprint density at radius 3 is 3.06 bits per heavy atom. The SMILES string of the molecule is CCCN(c1ccsc1)c1cnc2ccccn12. The molecule has 0 saturated heterocycles. The molecule has 0 aliphatic rings. The first-order chi connectivity index (χ1) is 8.90. The minimum Gasteiger partial charge on any atom is -0.325 e. The van der Waals surface area contributed by atoms with Crippen LogP contribution in [0.15, 0.2) is 47.4 Å². The van der Waals surface area contributed by atoms with Crippen molar-refractivity contribution in [2.75, 3.05) is 11.4 Å². The molecule has 3 rings (SSSR count). The van der Waals surface area contributed by atoms with Crippen LogP contribution in [0.25, 0.3) is 5.65 Å². The highest BCUT2D eigenvalue weighted by Crippen LogP contribution is 2.28. The second-order valence-electron chi connectivity index (χ2n) is 4.18. The van der Waals surface area contributed by atoms with Crippen LogP contribution < -0.4 is 4.90 Å². The molecular formula is C14H15N3S. The second kappa shape index (κ2) is 4.82. The van der Waals surface area contributed by atoms with Crippen molar-refractivity contribution in [1.82, 2.24) is 9.38 Å². The van der Waals surface area contributed by atoms with Gasteiger partial charge in [0.05, 0.1) is 11.9 Å². The van der Waals surface area contributed by atoms with Gasteiger partial charge in [-0.2, -0.15) is 11.3 Å². The van der Waals surface area contributed by atoms with Gasteiger partial charge in [0.2, 0.25) is 0 Å². The zero-order valence-electron chi connectivity index (χ0n) is 10.3. The highest BCUT2D eigenvalue weighted by molar-refractivity contribution is 7.08. The van der Waals surface area contributed by atoms with Crippen LogP contribution in [0.1, 0.15) is 13.3 Å². The minimum absolute atomic E-state index is 0.990. The maximum atomic E-state index is 4.46. The number of rotatable bonds is 4. The molecule has 0 fully saturated rings. The van der Waals surface area contributed by atoms with Crippen LogP contribution in [-0.4, -0.2) is 15.9 Å². The Morgan fingerprint density at radius 2 is 2.28 bits per heavy atom. The first-order valence-electron chi connectivity index (χ1n) is 6.12. The lowest BCUT2D eigenvalue weighted by Gasteiger charge is -2.22. The molecule has 0 saturated carbocycles. The maximum absolute atomic E-state index is 4.46. The largest absolute Gasteiger partial charge is 0.325 e. The van der Waals surface area contributed by atoms with Crippen molar-refractivity contribution < 1.29 is 0 Å². The number of thiophene rings is 1. The summed E-state index contributed by atoms with van der Waals surface area (Å²) in [6, 6.07) is 8.24. The summed E-state index contributed by atoms with van der Waals surface area (Å²) in [6.45, 7) is 3.20. The van der Waals surface area contributed by atoms with Crippen LogP contribution in [0.3, 0.4) is 0 Å². The van der Waals surface area contributed by atoms with E-state index in [4.69, 9.17) is 0 Å². The Bertz CT molecular complexity index is 627. The molecule has 0 atom stereocenters. The smallest absolute Gasteiger partial charge is 0.138 e. The number of imidazole rings is 1. The number of nitrogens with zero attached hydrogens (tertiary/aromatic N) is 3. The summed E-state index contributed by atoms with van der Waals surface area (Å²) >= 11 is 1.73. The molecule has 0 aromatic carbocycles. The average molecular weight is 257 g/mol. The molecule has 0 aliphatic carbocycles. The summed E-state index contributed by atoms with van der Waals surface area (Å²) in [7, 11) is 0. The molecule has 18 heavy (non-hydrogen) atoms. The molecule has 0 spiro atoms. The van der Waals surface area contributed by atoms with Gasteiger partial charge >= 0.3 is 0 Å². The molecule has 3 aromatic heterocycles. The van der Waals surface area contributed by atoms with Crippen LogP contribution in [0.4, 0.5) is 11.5 Å². The summed E-state index contributed by atoms with van der Waals surface area (Å²) in [4.78, 5) is 6.77. The second-order valence-corrected chi connectivity index (χ2v) is 4.96. The third-order valence-electron chi connectivity index (χ3n) is 2.94. The predicted octanol–water partition coefficient (Wildman–Crippen LogP) is 3.94. The zero-order chi connectivity index (χ0) is 12.4. The highest BCUT2D eigenvalue weighted by Gasteiger charge is 2.13. The molecule has 0 amide bonds. The van der Waals surface area contributed by atoms with Gasteiger partial charge in [0, 0.05) is 18.1 Å². The van der Waals surface area contributed by atoms with E-state index >= 15 is 0 Å². The number of fused-ring (bicyclic) bond motifs is 1. The van der Waals surface area contributed by atoms with Crippen molar-refractivity contribution >= 4 is 28.5 Å². The summed E-state index contributed by atoms with van der Waals surface area (Å²) < 4.78 is 2.13. The van der Waals surface area contributed by atoms with E-state index in [0.717, 1.165) is 24.4 Å². The molecule has 92 valence electrons. The van der Waals surface area contributed by atoms with E-state index in [1.807, 2.05) is 24.4 Å². The molecular weight excluding hydrogens is 242 g/mol. The van der Waals surface area contributed by atoms with Crippen LogP contribution in [0.2, 0.25) is 0 Å². The van der Waals surface area contributed by atoms with Gasteiger partial charge in [-0.05, 0) is 30.0 Å². The van der Waals surface area contributed by atoms with Crippen LogP contribution in [-0.2, 0) is 0 Å². The third kappa shape index (κ3) is 1.88. The number of aromatic nitrogens is 2. The van der Waals surface area contributed by atoms with Crippen molar-refractivity contribution in [3.05, 3.63) is 47.4 Å². The molecule has 0 unspecified atom stereocenters. The molecule has 0 radical (unpaired) electrons. The van der Waals surface area contributed by atoms with Gasteiger partial charge in [-0.25, -0.2) is 4.98 Å². The van der Waals surface area contributed by atoms with E-state index in [9.17, 15) is 0 Å². The van der Waals surface area contributed by atoms with Gasteiger partial charge in [-0.15, -0.1) is 0 Å². The van der Waals surface area contributed by atoms with E-state index in [2.05, 4.69) is 44.2 Å². The Labute approximate surface area is 110 Å².